The minimum absolute atomic E-state index is 0.562. The van der Waals surface area contributed by atoms with Crippen LogP contribution in [0.2, 0.25) is 0 Å². The molecule has 1 aromatic rings. The van der Waals surface area contributed by atoms with Gasteiger partial charge in [-0.05, 0) is 48.6 Å². The Morgan fingerprint density at radius 3 is 2.26 bits per heavy atom. The first-order chi connectivity index (χ1) is 8.99. The summed E-state index contributed by atoms with van der Waals surface area (Å²) in [5.74, 6) is 3.48. The molecule has 106 valence electrons. The molecule has 0 aromatic carbocycles. The highest BCUT2D eigenvalue weighted by atomic mass is 15.2. The topological polar surface area (TPSA) is 16.1 Å². The van der Waals surface area contributed by atoms with E-state index < -0.39 is 0 Å². The molecule has 2 rings (SSSR count). The zero-order chi connectivity index (χ0) is 14.0. The Morgan fingerprint density at radius 1 is 1.16 bits per heavy atom. The summed E-state index contributed by atoms with van der Waals surface area (Å²) in [7, 11) is 0. The highest BCUT2D eigenvalue weighted by molar-refractivity contribution is 5.48. The molecule has 0 bridgehead atoms. The standard InChI is InChI=1S/C17H28N2/c1-12(2)15-6-8-19(9-7-15)17-14(5)10-16(11-18-17)13(3)4/h10-13,15H,6-9H2,1-5H3. The molecule has 1 aliphatic heterocycles. The van der Waals surface area contributed by atoms with Crippen LogP contribution in [0.15, 0.2) is 12.3 Å². The van der Waals surface area contributed by atoms with Gasteiger partial charge in [0.15, 0.2) is 0 Å². The maximum atomic E-state index is 4.72. The lowest BCUT2D eigenvalue weighted by Gasteiger charge is -2.35. The number of piperidine rings is 1. The summed E-state index contributed by atoms with van der Waals surface area (Å²) in [6.07, 6.45) is 4.68. The summed E-state index contributed by atoms with van der Waals surface area (Å²) in [4.78, 5) is 7.19. The molecule has 0 saturated carbocycles. The van der Waals surface area contributed by atoms with Crippen molar-refractivity contribution in [1.82, 2.24) is 4.98 Å². The first-order valence-electron chi connectivity index (χ1n) is 7.70. The van der Waals surface area contributed by atoms with Crippen LogP contribution in [-0.2, 0) is 0 Å². The minimum Gasteiger partial charge on any atom is -0.356 e. The number of pyridine rings is 1. The molecule has 0 spiro atoms. The average molecular weight is 260 g/mol. The Kier molecular flexibility index (Phi) is 4.49. The predicted octanol–water partition coefficient (Wildman–Crippen LogP) is 4.39. The normalized spacial score (nSPS) is 17.5. The van der Waals surface area contributed by atoms with Gasteiger partial charge < -0.3 is 4.90 Å². The van der Waals surface area contributed by atoms with Crippen molar-refractivity contribution in [2.24, 2.45) is 11.8 Å². The Hall–Kier alpha value is -1.05. The fourth-order valence-electron chi connectivity index (χ4n) is 3.01. The zero-order valence-electron chi connectivity index (χ0n) is 13.1. The van der Waals surface area contributed by atoms with E-state index in [4.69, 9.17) is 4.98 Å². The van der Waals surface area contributed by atoms with E-state index in [1.54, 1.807) is 0 Å². The Morgan fingerprint density at radius 2 is 1.79 bits per heavy atom. The van der Waals surface area contributed by atoms with Gasteiger partial charge in [0, 0.05) is 19.3 Å². The van der Waals surface area contributed by atoms with Gasteiger partial charge in [-0.15, -0.1) is 0 Å². The molecule has 1 saturated heterocycles. The first-order valence-corrected chi connectivity index (χ1v) is 7.70. The fourth-order valence-corrected chi connectivity index (χ4v) is 3.01. The van der Waals surface area contributed by atoms with Crippen molar-refractivity contribution in [3.63, 3.8) is 0 Å². The lowest BCUT2D eigenvalue weighted by molar-refractivity contribution is 0.310. The molecule has 0 amide bonds. The maximum absolute atomic E-state index is 4.72. The molecule has 0 atom stereocenters. The zero-order valence-corrected chi connectivity index (χ0v) is 13.1. The molecule has 0 unspecified atom stereocenters. The number of aromatic nitrogens is 1. The van der Waals surface area contributed by atoms with Crippen molar-refractivity contribution in [2.45, 2.75) is 53.4 Å². The number of hydrogen-bond donors (Lipinski definition) is 0. The van der Waals surface area contributed by atoms with Crippen LogP contribution in [-0.4, -0.2) is 18.1 Å². The van der Waals surface area contributed by atoms with Gasteiger partial charge in [0.1, 0.15) is 5.82 Å². The monoisotopic (exact) mass is 260 g/mol. The smallest absolute Gasteiger partial charge is 0.131 e. The fraction of sp³-hybridized carbons (Fsp3) is 0.706. The van der Waals surface area contributed by atoms with Crippen LogP contribution in [0.25, 0.3) is 0 Å². The lowest BCUT2D eigenvalue weighted by atomic mass is 9.86. The van der Waals surface area contributed by atoms with Crippen molar-refractivity contribution < 1.29 is 0 Å². The van der Waals surface area contributed by atoms with Gasteiger partial charge in [-0.1, -0.05) is 33.8 Å². The Balaban J connectivity index is 2.07. The second-order valence-corrected chi connectivity index (χ2v) is 6.63. The van der Waals surface area contributed by atoms with Gasteiger partial charge >= 0.3 is 0 Å². The van der Waals surface area contributed by atoms with Crippen molar-refractivity contribution in [3.8, 4) is 0 Å². The van der Waals surface area contributed by atoms with Gasteiger partial charge in [-0.2, -0.15) is 0 Å². The van der Waals surface area contributed by atoms with E-state index in [0.717, 1.165) is 24.9 Å². The molecule has 2 heterocycles. The Bertz CT molecular complexity index is 415. The van der Waals surface area contributed by atoms with Gasteiger partial charge in [0.25, 0.3) is 0 Å². The van der Waals surface area contributed by atoms with E-state index in [1.807, 2.05) is 0 Å². The third-order valence-corrected chi connectivity index (χ3v) is 4.52. The summed E-state index contributed by atoms with van der Waals surface area (Å²) in [6, 6.07) is 2.31. The number of anilines is 1. The average Bonchev–Trinajstić information content (AvgIpc) is 2.38. The number of nitrogens with zero attached hydrogens (tertiary/aromatic N) is 2. The highest BCUT2D eigenvalue weighted by Crippen LogP contribution is 2.29. The largest absolute Gasteiger partial charge is 0.356 e. The van der Waals surface area contributed by atoms with E-state index in [9.17, 15) is 0 Å². The first kappa shape index (κ1) is 14.4. The highest BCUT2D eigenvalue weighted by Gasteiger charge is 2.23. The van der Waals surface area contributed by atoms with E-state index in [-0.39, 0.29) is 0 Å². The minimum atomic E-state index is 0.562. The van der Waals surface area contributed by atoms with Crippen LogP contribution in [0.4, 0.5) is 5.82 Å². The van der Waals surface area contributed by atoms with Gasteiger partial charge in [-0.3, -0.25) is 0 Å². The van der Waals surface area contributed by atoms with Crippen molar-refractivity contribution in [1.29, 1.82) is 0 Å². The molecule has 0 radical (unpaired) electrons. The van der Waals surface area contributed by atoms with Crippen molar-refractivity contribution in [3.05, 3.63) is 23.4 Å². The van der Waals surface area contributed by atoms with Gasteiger partial charge in [-0.25, -0.2) is 4.98 Å². The molecule has 19 heavy (non-hydrogen) atoms. The summed E-state index contributed by atoms with van der Waals surface area (Å²) < 4.78 is 0. The van der Waals surface area contributed by atoms with Crippen LogP contribution in [0.5, 0.6) is 0 Å². The molecule has 2 nitrogen and oxygen atoms in total. The van der Waals surface area contributed by atoms with Crippen LogP contribution < -0.4 is 4.90 Å². The number of hydrogen-bond acceptors (Lipinski definition) is 2. The number of rotatable bonds is 3. The summed E-state index contributed by atoms with van der Waals surface area (Å²) in [5, 5.41) is 0. The van der Waals surface area contributed by atoms with Crippen molar-refractivity contribution in [2.75, 3.05) is 18.0 Å². The van der Waals surface area contributed by atoms with Gasteiger partial charge in [0.2, 0.25) is 0 Å². The molecule has 1 aliphatic rings. The third kappa shape index (κ3) is 3.29. The molecular formula is C17H28N2. The molecule has 1 fully saturated rings. The SMILES string of the molecule is Cc1cc(C(C)C)cnc1N1CCC(C(C)C)CC1. The molecule has 0 N–H and O–H groups in total. The lowest BCUT2D eigenvalue weighted by Crippen LogP contribution is -2.36. The van der Waals surface area contributed by atoms with Crippen molar-refractivity contribution >= 4 is 5.82 Å². The molecular weight excluding hydrogens is 232 g/mol. The van der Waals surface area contributed by atoms with E-state index in [2.05, 4.69) is 51.8 Å². The van der Waals surface area contributed by atoms with Crippen LogP contribution in [0.3, 0.4) is 0 Å². The third-order valence-electron chi connectivity index (χ3n) is 4.52. The quantitative estimate of drug-likeness (QED) is 0.801. The van der Waals surface area contributed by atoms with E-state index in [1.165, 1.54) is 29.8 Å². The summed E-state index contributed by atoms with van der Waals surface area (Å²) in [6.45, 7) is 13.7. The molecule has 1 aromatic heterocycles. The Labute approximate surface area is 118 Å². The molecule has 0 aliphatic carbocycles. The maximum Gasteiger partial charge on any atom is 0.131 e. The van der Waals surface area contributed by atoms with E-state index >= 15 is 0 Å². The molecule has 2 heteroatoms. The van der Waals surface area contributed by atoms with Crippen LogP contribution >= 0.6 is 0 Å². The summed E-state index contributed by atoms with van der Waals surface area (Å²) >= 11 is 0. The number of aryl methyl sites for hydroxylation is 1. The van der Waals surface area contributed by atoms with Crippen LogP contribution in [0, 0.1) is 18.8 Å². The second kappa shape index (κ2) is 5.94. The second-order valence-electron chi connectivity index (χ2n) is 6.63. The van der Waals surface area contributed by atoms with E-state index in [0.29, 0.717) is 5.92 Å². The van der Waals surface area contributed by atoms with Crippen LogP contribution in [0.1, 0.15) is 57.6 Å². The summed E-state index contributed by atoms with van der Waals surface area (Å²) in [5.41, 5.74) is 2.67. The van der Waals surface area contributed by atoms with Gasteiger partial charge in [0.05, 0.1) is 0 Å². The predicted molar refractivity (Wildman–Crippen MR) is 82.8 cm³/mol.